The number of hydrogen-bond donors (Lipinski definition) is 1. The molecule has 0 heterocycles. The fraction of sp³-hybridized carbons (Fsp3) is 0.400. The molecule has 0 unspecified atom stereocenters. The van der Waals surface area contributed by atoms with Crippen LogP contribution in [0.2, 0.25) is 0 Å². The molecule has 0 bridgehead atoms. The van der Waals surface area contributed by atoms with Gasteiger partial charge in [-0.15, -0.1) is 11.8 Å². The van der Waals surface area contributed by atoms with Crippen LogP contribution >= 0.6 is 11.8 Å². The first-order valence-corrected chi connectivity index (χ1v) is 4.97. The molecule has 1 aromatic carbocycles. The van der Waals surface area contributed by atoms with Crippen molar-refractivity contribution in [1.29, 1.82) is 0 Å². The number of aliphatic hydroxyl groups is 1. The molecule has 0 spiro atoms. The summed E-state index contributed by atoms with van der Waals surface area (Å²) < 4.78 is 0. The van der Waals surface area contributed by atoms with Crippen LogP contribution in [0.3, 0.4) is 0 Å². The molecule has 12 heavy (non-hydrogen) atoms. The standard InChI is InChI=1S/C10H14OS/c1-8(2)12-10-5-3-9(7-11)4-6-10/h3-6,8,11H,7H2,1-2H3. The molecule has 1 nitrogen and oxygen atoms in total. The molecule has 0 aromatic heterocycles. The van der Waals surface area contributed by atoms with Crippen LogP contribution in [0.25, 0.3) is 0 Å². The van der Waals surface area contributed by atoms with Gasteiger partial charge in [0.1, 0.15) is 0 Å². The molecular weight excluding hydrogens is 168 g/mol. The molecule has 0 aliphatic heterocycles. The van der Waals surface area contributed by atoms with Gasteiger partial charge in [0, 0.05) is 10.1 Å². The molecular formula is C10H14OS. The van der Waals surface area contributed by atoms with Crippen LogP contribution < -0.4 is 0 Å². The van der Waals surface area contributed by atoms with Gasteiger partial charge in [-0.1, -0.05) is 26.0 Å². The van der Waals surface area contributed by atoms with Crippen molar-refractivity contribution in [2.24, 2.45) is 0 Å². The summed E-state index contributed by atoms with van der Waals surface area (Å²) in [6.45, 7) is 4.47. The molecule has 1 aromatic rings. The summed E-state index contributed by atoms with van der Waals surface area (Å²) in [4.78, 5) is 1.27. The van der Waals surface area contributed by atoms with E-state index in [1.807, 2.05) is 23.9 Å². The molecule has 1 N–H and O–H groups in total. The molecule has 0 saturated heterocycles. The normalized spacial score (nSPS) is 10.7. The Labute approximate surface area is 77.8 Å². The Hall–Kier alpha value is -0.470. The molecule has 2 heteroatoms. The summed E-state index contributed by atoms with van der Waals surface area (Å²) in [6, 6.07) is 8.03. The monoisotopic (exact) mass is 182 g/mol. The van der Waals surface area contributed by atoms with E-state index in [2.05, 4.69) is 26.0 Å². The van der Waals surface area contributed by atoms with Crippen molar-refractivity contribution in [2.45, 2.75) is 30.6 Å². The van der Waals surface area contributed by atoms with Crippen LogP contribution in [0.4, 0.5) is 0 Å². The molecule has 66 valence electrons. The maximum atomic E-state index is 8.80. The fourth-order valence-corrected chi connectivity index (χ4v) is 1.78. The van der Waals surface area contributed by atoms with Gasteiger partial charge in [0.25, 0.3) is 0 Å². The first-order chi connectivity index (χ1) is 5.72. The number of rotatable bonds is 3. The lowest BCUT2D eigenvalue weighted by Crippen LogP contribution is -1.86. The van der Waals surface area contributed by atoms with Gasteiger partial charge in [-0.2, -0.15) is 0 Å². The number of hydrogen-bond acceptors (Lipinski definition) is 2. The fourth-order valence-electron chi connectivity index (χ4n) is 0.946. The zero-order chi connectivity index (χ0) is 8.97. The van der Waals surface area contributed by atoms with Gasteiger partial charge in [0.2, 0.25) is 0 Å². The zero-order valence-electron chi connectivity index (χ0n) is 7.45. The minimum Gasteiger partial charge on any atom is -0.392 e. The summed E-state index contributed by atoms with van der Waals surface area (Å²) >= 11 is 1.84. The third-order valence-corrected chi connectivity index (χ3v) is 2.49. The van der Waals surface area contributed by atoms with Crippen molar-refractivity contribution in [2.75, 3.05) is 0 Å². The van der Waals surface area contributed by atoms with Crippen LogP contribution in [0.1, 0.15) is 19.4 Å². The summed E-state index contributed by atoms with van der Waals surface area (Å²) in [7, 11) is 0. The van der Waals surface area contributed by atoms with E-state index >= 15 is 0 Å². The second-order valence-corrected chi connectivity index (χ2v) is 4.62. The van der Waals surface area contributed by atoms with Gasteiger partial charge >= 0.3 is 0 Å². The highest BCUT2D eigenvalue weighted by molar-refractivity contribution is 7.99. The Morgan fingerprint density at radius 2 is 1.83 bits per heavy atom. The summed E-state index contributed by atoms with van der Waals surface area (Å²) in [5.41, 5.74) is 0.975. The molecule has 0 saturated carbocycles. The van der Waals surface area contributed by atoms with Crippen molar-refractivity contribution in [3.8, 4) is 0 Å². The predicted octanol–water partition coefficient (Wildman–Crippen LogP) is 2.68. The minimum absolute atomic E-state index is 0.132. The smallest absolute Gasteiger partial charge is 0.0681 e. The summed E-state index contributed by atoms with van der Waals surface area (Å²) in [5, 5.41) is 9.42. The van der Waals surface area contributed by atoms with Gasteiger partial charge in [0.15, 0.2) is 0 Å². The van der Waals surface area contributed by atoms with Crippen LogP contribution in [0.15, 0.2) is 29.2 Å². The van der Waals surface area contributed by atoms with E-state index in [1.165, 1.54) is 4.90 Å². The third kappa shape index (κ3) is 2.88. The molecule has 1 rings (SSSR count). The number of thioether (sulfide) groups is 1. The highest BCUT2D eigenvalue weighted by Crippen LogP contribution is 2.22. The van der Waals surface area contributed by atoms with Crippen molar-refractivity contribution in [1.82, 2.24) is 0 Å². The van der Waals surface area contributed by atoms with Crippen molar-refractivity contribution >= 4 is 11.8 Å². The minimum atomic E-state index is 0.132. The highest BCUT2D eigenvalue weighted by Gasteiger charge is 1.97. The van der Waals surface area contributed by atoms with Gasteiger partial charge in [0.05, 0.1) is 6.61 Å². The van der Waals surface area contributed by atoms with Crippen molar-refractivity contribution in [3.05, 3.63) is 29.8 Å². The Balaban J connectivity index is 2.65. The summed E-state index contributed by atoms with van der Waals surface area (Å²) in [5.74, 6) is 0. The molecule has 0 aliphatic carbocycles. The van der Waals surface area contributed by atoms with E-state index in [0.29, 0.717) is 5.25 Å². The lowest BCUT2D eigenvalue weighted by Gasteiger charge is -2.04. The van der Waals surface area contributed by atoms with Gasteiger partial charge in [-0.05, 0) is 17.7 Å². The average Bonchev–Trinajstić information content (AvgIpc) is 2.05. The Morgan fingerprint density at radius 1 is 1.25 bits per heavy atom. The maximum Gasteiger partial charge on any atom is 0.0681 e. The van der Waals surface area contributed by atoms with Crippen LogP contribution in [-0.4, -0.2) is 10.4 Å². The van der Waals surface area contributed by atoms with Crippen molar-refractivity contribution < 1.29 is 5.11 Å². The third-order valence-electron chi connectivity index (χ3n) is 1.48. The molecule has 0 amide bonds. The Bertz CT molecular complexity index is 228. The second kappa shape index (κ2) is 4.53. The van der Waals surface area contributed by atoms with Gasteiger partial charge < -0.3 is 5.11 Å². The first-order valence-electron chi connectivity index (χ1n) is 4.09. The molecule has 0 radical (unpaired) electrons. The predicted molar refractivity (Wildman–Crippen MR) is 53.4 cm³/mol. The number of benzene rings is 1. The van der Waals surface area contributed by atoms with Crippen LogP contribution in [0, 0.1) is 0 Å². The largest absolute Gasteiger partial charge is 0.392 e. The second-order valence-electron chi connectivity index (χ2n) is 2.97. The van der Waals surface area contributed by atoms with Crippen molar-refractivity contribution in [3.63, 3.8) is 0 Å². The van der Waals surface area contributed by atoms with E-state index in [4.69, 9.17) is 5.11 Å². The topological polar surface area (TPSA) is 20.2 Å². The first kappa shape index (κ1) is 9.62. The zero-order valence-corrected chi connectivity index (χ0v) is 8.27. The average molecular weight is 182 g/mol. The van der Waals surface area contributed by atoms with E-state index in [9.17, 15) is 0 Å². The van der Waals surface area contributed by atoms with E-state index in [1.54, 1.807) is 0 Å². The van der Waals surface area contributed by atoms with Crippen LogP contribution in [-0.2, 0) is 6.61 Å². The van der Waals surface area contributed by atoms with Gasteiger partial charge in [-0.3, -0.25) is 0 Å². The Morgan fingerprint density at radius 3 is 2.25 bits per heavy atom. The lowest BCUT2D eigenvalue weighted by molar-refractivity contribution is 0.282. The highest BCUT2D eigenvalue weighted by atomic mass is 32.2. The lowest BCUT2D eigenvalue weighted by atomic mass is 10.2. The van der Waals surface area contributed by atoms with E-state index in [-0.39, 0.29) is 6.61 Å². The molecule has 0 aliphatic rings. The van der Waals surface area contributed by atoms with E-state index < -0.39 is 0 Å². The molecule has 0 fully saturated rings. The maximum absolute atomic E-state index is 8.80. The van der Waals surface area contributed by atoms with Gasteiger partial charge in [-0.25, -0.2) is 0 Å². The summed E-state index contributed by atoms with van der Waals surface area (Å²) in [6.07, 6.45) is 0. The van der Waals surface area contributed by atoms with Crippen LogP contribution in [0.5, 0.6) is 0 Å². The molecule has 0 atom stereocenters. The number of aliphatic hydroxyl groups excluding tert-OH is 1. The quantitative estimate of drug-likeness (QED) is 0.725. The Kier molecular flexibility index (Phi) is 3.63. The SMILES string of the molecule is CC(C)Sc1ccc(CO)cc1. The van der Waals surface area contributed by atoms with E-state index in [0.717, 1.165) is 5.56 Å².